The second-order valence-electron chi connectivity index (χ2n) is 6.08. The molecule has 1 fully saturated rings. The van der Waals surface area contributed by atoms with Gasteiger partial charge in [-0.3, -0.25) is 4.79 Å². The molecule has 1 aliphatic heterocycles. The molecule has 0 amide bonds. The summed E-state index contributed by atoms with van der Waals surface area (Å²) in [6, 6.07) is 0. The lowest BCUT2D eigenvalue weighted by molar-refractivity contribution is -0.146. The molecule has 0 saturated carbocycles. The first-order valence-electron chi connectivity index (χ1n) is 6.45. The summed E-state index contributed by atoms with van der Waals surface area (Å²) in [4.78, 5) is 11.8. The standard InChI is InChI=1S/C13H22O4Si/c1-8-10-6-9(17-18(3,4)5)7-11(15-2)12(10)13(14)16-8/h7-8,10-12H,6H2,1-5H3/t8-,10-,11-,12+/m1/s1. The van der Waals surface area contributed by atoms with Crippen molar-refractivity contribution in [1.29, 1.82) is 0 Å². The van der Waals surface area contributed by atoms with Gasteiger partial charge >= 0.3 is 5.97 Å². The molecular weight excluding hydrogens is 248 g/mol. The largest absolute Gasteiger partial charge is 0.547 e. The highest BCUT2D eigenvalue weighted by molar-refractivity contribution is 6.70. The number of rotatable bonds is 3. The molecule has 0 radical (unpaired) electrons. The molecule has 4 nitrogen and oxygen atoms in total. The van der Waals surface area contributed by atoms with Crippen LogP contribution in [-0.2, 0) is 18.7 Å². The first kappa shape index (κ1) is 13.6. The molecular formula is C13H22O4Si. The summed E-state index contributed by atoms with van der Waals surface area (Å²) in [6.45, 7) is 8.41. The molecule has 1 heterocycles. The minimum absolute atomic E-state index is 0.0471. The predicted molar refractivity (Wildman–Crippen MR) is 70.5 cm³/mol. The molecule has 0 spiro atoms. The molecule has 0 unspecified atom stereocenters. The van der Waals surface area contributed by atoms with Crippen molar-refractivity contribution in [2.45, 2.75) is 45.2 Å². The third kappa shape index (κ3) is 2.62. The number of methoxy groups -OCH3 is 1. The lowest BCUT2D eigenvalue weighted by Crippen LogP contribution is -2.37. The van der Waals surface area contributed by atoms with E-state index in [9.17, 15) is 4.79 Å². The molecule has 2 aliphatic rings. The van der Waals surface area contributed by atoms with Gasteiger partial charge in [-0.05, 0) is 32.6 Å². The zero-order valence-electron chi connectivity index (χ0n) is 11.7. The van der Waals surface area contributed by atoms with Crippen LogP contribution in [0, 0.1) is 11.8 Å². The van der Waals surface area contributed by atoms with Crippen LogP contribution in [0.1, 0.15) is 13.3 Å². The van der Waals surface area contributed by atoms with Gasteiger partial charge in [0.2, 0.25) is 8.32 Å². The number of carbonyl (C=O) groups is 1. The number of fused-ring (bicyclic) bond motifs is 1. The molecule has 102 valence electrons. The number of esters is 1. The SMILES string of the molecule is CO[C@@H]1C=C(O[Si](C)(C)C)C[C@H]2[C@@H]1C(=O)O[C@@H]2C. The summed E-state index contributed by atoms with van der Waals surface area (Å²) in [5, 5.41) is 0. The summed E-state index contributed by atoms with van der Waals surface area (Å²) in [7, 11) is 0.0114. The Morgan fingerprint density at radius 3 is 2.61 bits per heavy atom. The molecule has 0 aromatic heterocycles. The average Bonchev–Trinajstić information content (AvgIpc) is 2.51. The minimum atomic E-state index is -1.62. The molecule has 1 saturated heterocycles. The fourth-order valence-electron chi connectivity index (χ4n) is 2.76. The van der Waals surface area contributed by atoms with Gasteiger partial charge in [-0.25, -0.2) is 0 Å². The van der Waals surface area contributed by atoms with E-state index < -0.39 is 8.32 Å². The van der Waals surface area contributed by atoms with Crippen LogP contribution in [0.5, 0.6) is 0 Å². The quantitative estimate of drug-likeness (QED) is 0.583. The van der Waals surface area contributed by atoms with E-state index >= 15 is 0 Å². The second kappa shape index (κ2) is 4.70. The van der Waals surface area contributed by atoms with Crippen molar-refractivity contribution in [3.63, 3.8) is 0 Å². The van der Waals surface area contributed by atoms with E-state index in [1.807, 2.05) is 13.0 Å². The molecule has 18 heavy (non-hydrogen) atoms. The zero-order chi connectivity index (χ0) is 13.5. The van der Waals surface area contributed by atoms with Gasteiger partial charge in [0, 0.05) is 19.4 Å². The summed E-state index contributed by atoms with van der Waals surface area (Å²) >= 11 is 0. The Bertz CT molecular complexity index is 372. The van der Waals surface area contributed by atoms with E-state index in [1.165, 1.54) is 0 Å². The zero-order valence-corrected chi connectivity index (χ0v) is 12.7. The van der Waals surface area contributed by atoms with Gasteiger partial charge < -0.3 is 13.9 Å². The maximum atomic E-state index is 11.8. The molecule has 0 N–H and O–H groups in total. The molecule has 5 heteroatoms. The van der Waals surface area contributed by atoms with E-state index in [2.05, 4.69) is 19.6 Å². The van der Waals surface area contributed by atoms with Gasteiger partial charge in [-0.1, -0.05) is 0 Å². The van der Waals surface area contributed by atoms with Crippen LogP contribution in [0.15, 0.2) is 11.8 Å². The van der Waals surface area contributed by atoms with E-state index in [0.29, 0.717) is 0 Å². The molecule has 0 aromatic rings. The molecule has 0 bridgehead atoms. The van der Waals surface area contributed by atoms with Crippen LogP contribution >= 0.6 is 0 Å². The average molecular weight is 270 g/mol. The van der Waals surface area contributed by atoms with Crippen LogP contribution in [0.2, 0.25) is 19.6 Å². The van der Waals surface area contributed by atoms with Crippen molar-refractivity contribution in [3.8, 4) is 0 Å². The fraction of sp³-hybridized carbons (Fsp3) is 0.769. The van der Waals surface area contributed by atoms with Crippen LogP contribution in [0.4, 0.5) is 0 Å². The van der Waals surface area contributed by atoms with Gasteiger partial charge in [0.05, 0.1) is 17.8 Å². The highest BCUT2D eigenvalue weighted by Crippen LogP contribution is 2.41. The van der Waals surface area contributed by atoms with E-state index in [-0.39, 0.29) is 30.0 Å². The monoisotopic (exact) mass is 270 g/mol. The summed E-state index contributed by atoms with van der Waals surface area (Å²) < 4.78 is 16.8. The Kier molecular flexibility index (Phi) is 3.55. The van der Waals surface area contributed by atoms with Gasteiger partial charge in [0.25, 0.3) is 0 Å². The fourth-order valence-corrected chi connectivity index (χ4v) is 3.70. The molecule has 4 atom stereocenters. The number of carbonyl (C=O) groups excluding carboxylic acids is 1. The lowest BCUT2D eigenvalue weighted by Gasteiger charge is -2.32. The van der Waals surface area contributed by atoms with Crippen LogP contribution in [0.3, 0.4) is 0 Å². The second-order valence-corrected chi connectivity index (χ2v) is 10.5. The normalized spacial score (nSPS) is 35.8. The first-order valence-corrected chi connectivity index (χ1v) is 9.85. The van der Waals surface area contributed by atoms with Gasteiger partial charge in [0.1, 0.15) is 6.10 Å². The molecule has 2 rings (SSSR count). The van der Waals surface area contributed by atoms with E-state index in [0.717, 1.165) is 12.2 Å². The van der Waals surface area contributed by atoms with E-state index in [4.69, 9.17) is 13.9 Å². The van der Waals surface area contributed by atoms with Crippen molar-refractivity contribution < 1.29 is 18.7 Å². The van der Waals surface area contributed by atoms with Crippen molar-refractivity contribution in [1.82, 2.24) is 0 Å². The third-order valence-electron chi connectivity index (χ3n) is 3.49. The summed E-state index contributed by atoms with van der Waals surface area (Å²) in [5.41, 5.74) is 0. The topological polar surface area (TPSA) is 44.8 Å². The van der Waals surface area contributed by atoms with Gasteiger partial charge in [-0.2, -0.15) is 0 Å². The summed E-state index contributed by atoms with van der Waals surface area (Å²) in [5.74, 6) is 0.841. The maximum absolute atomic E-state index is 11.8. The van der Waals surface area contributed by atoms with Gasteiger partial charge in [-0.15, -0.1) is 0 Å². The van der Waals surface area contributed by atoms with Crippen molar-refractivity contribution >= 4 is 14.3 Å². The van der Waals surface area contributed by atoms with E-state index in [1.54, 1.807) is 7.11 Å². The van der Waals surface area contributed by atoms with Crippen molar-refractivity contribution in [2.24, 2.45) is 11.8 Å². The Morgan fingerprint density at radius 2 is 2.06 bits per heavy atom. The predicted octanol–water partition coefficient (Wildman–Crippen LogP) is 2.32. The Balaban J connectivity index is 2.21. The Labute approximate surface area is 109 Å². The maximum Gasteiger partial charge on any atom is 0.312 e. The lowest BCUT2D eigenvalue weighted by atomic mass is 9.79. The van der Waals surface area contributed by atoms with Crippen LogP contribution in [-0.4, -0.2) is 33.6 Å². The van der Waals surface area contributed by atoms with Crippen molar-refractivity contribution in [2.75, 3.05) is 7.11 Å². The Morgan fingerprint density at radius 1 is 1.39 bits per heavy atom. The third-order valence-corrected chi connectivity index (χ3v) is 4.36. The molecule has 0 aromatic carbocycles. The highest BCUT2D eigenvalue weighted by Gasteiger charge is 2.49. The number of cyclic esters (lactones) is 1. The number of hydrogen-bond donors (Lipinski definition) is 0. The van der Waals surface area contributed by atoms with Crippen LogP contribution in [0.25, 0.3) is 0 Å². The highest BCUT2D eigenvalue weighted by atomic mass is 28.4. The number of hydrogen-bond acceptors (Lipinski definition) is 4. The Hall–Kier alpha value is -0.813. The van der Waals surface area contributed by atoms with Crippen molar-refractivity contribution in [3.05, 3.63) is 11.8 Å². The first-order chi connectivity index (χ1) is 8.31. The minimum Gasteiger partial charge on any atom is -0.547 e. The smallest absolute Gasteiger partial charge is 0.312 e. The number of ether oxygens (including phenoxy) is 2. The number of allylic oxidation sites excluding steroid dienone is 1. The molecule has 1 aliphatic carbocycles. The van der Waals surface area contributed by atoms with Crippen LogP contribution < -0.4 is 0 Å². The summed E-state index contributed by atoms with van der Waals surface area (Å²) in [6.07, 6.45) is 2.47. The van der Waals surface area contributed by atoms with Gasteiger partial charge in [0.15, 0.2) is 0 Å².